The zero-order valence-corrected chi connectivity index (χ0v) is 7.84. The van der Waals surface area contributed by atoms with Gasteiger partial charge in [0, 0.05) is 4.90 Å². The summed E-state index contributed by atoms with van der Waals surface area (Å²) in [5.41, 5.74) is 0.880. The lowest BCUT2D eigenvalue weighted by Gasteiger charge is -1.99. The quantitative estimate of drug-likeness (QED) is 0.639. The smallest absolute Gasteiger partial charge is 0.138 e. The van der Waals surface area contributed by atoms with Crippen LogP contribution in [0.15, 0.2) is 21.5 Å². The van der Waals surface area contributed by atoms with E-state index >= 15 is 0 Å². The van der Waals surface area contributed by atoms with Crippen molar-refractivity contribution in [2.24, 2.45) is 0 Å². The normalized spacial score (nSPS) is 10.0. The standard InChI is InChI=1S/C7H6BrFS/c1-4-2-5(9)7(8)6(10)3-4/h2-3,10H,1H3. The monoisotopic (exact) mass is 220 g/mol. The third kappa shape index (κ3) is 1.52. The van der Waals surface area contributed by atoms with Gasteiger partial charge in [0.15, 0.2) is 0 Å². The molecular weight excluding hydrogens is 215 g/mol. The summed E-state index contributed by atoms with van der Waals surface area (Å²) in [7, 11) is 0. The van der Waals surface area contributed by atoms with Crippen LogP contribution in [-0.2, 0) is 0 Å². The van der Waals surface area contributed by atoms with Crippen LogP contribution >= 0.6 is 28.6 Å². The maximum absolute atomic E-state index is 12.7. The van der Waals surface area contributed by atoms with Crippen LogP contribution in [0.1, 0.15) is 5.56 Å². The molecule has 0 radical (unpaired) electrons. The van der Waals surface area contributed by atoms with Crippen LogP contribution in [0.5, 0.6) is 0 Å². The molecular formula is C7H6BrFS. The Kier molecular flexibility index (Phi) is 2.36. The average Bonchev–Trinajstić information content (AvgIpc) is 1.82. The van der Waals surface area contributed by atoms with Crippen molar-refractivity contribution in [2.75, 3.05) is 0 Å². The summed E-state index contributed by atoms with van der Waals surface area (Å²) < 4.78 is 13.2. The number of rotatable bonds is 0. The van der Waals surface area contributed by atoms with Gasteiger partial charge >= 0.3 is 0 Å². The van der Waals surface area contributed by atoms with E-state index in [0.29, 0.717) is 9.37 Å². The molecule has 10 heavy (non-hydrogen) atoms. The van der Waals surface area contributed by atoms with E-state index in [1.807, 2.05) is 6.92 Å². The average molecular weight is 221 g/mol. The molecule has 0 amide bonds. The van der Waals surface area contributed by atoms with E-state index in [-0.39, 0.29) is 5.82 Å². The summed E-state index contributed by atoms with van der Waals surface area (Å²) in [6.45, 7) is 1.83. The summed E-state index contributed by atoms with van der Waals surface area (Å²) in [5, 5.41) is 0. The molecule has 0 aliphatic carbocycles. The first-order chi connectivity index (χ1) is 4.61. The van der Waals surface area contributed by atoms with Crippen molar-refractivity contribution in [3.05, 3.63) is 28.0 Å². The van der Waals surface area contributed by atoms with Crippen molar-refractivity contribution in [1.29, 1.82) is 0 Å². The Balaban J connectivity index is 3.31. The first-order valence-electron chi connectivity index (χ1n) is 2.76. The Morgan fingerprint density at radius 2 is 2.10 bits per heavy atom. The van der Waals surface area contributed by atoms with Crippen LogP contribution in [0.4, 0.5) is 4.39 Å². The molecule has 1 rings (SSSR count). The highest BCUT2D eigenvalue weighted by molar-refractivity contribution is 9.10. The molecule has 0 aromatic heterocycles. The molecule has 0 aliphatic heterocycles. The molecule has 0 saturated heterocycles. The van der Waals surface area contributed by atoms with Gasteiger partial charge in [0.2, 0.25) is 0 Å². The van der Waals surface area contributed by atoms with Crippen LogP contribution in [0.2, 0.25) is 0 Å². The van der Waals surface area contributed by atoms with Gasteiger partial charge in [-0.2, -0.15) is 0 Å². The number of benzene rings is 1. The van der Waals surface area contributed by atoms with Crippen LogP contribution in [0.25, 0.3) is 0 Å². The number of thiol groups is 1. The Morgan fingerprint density at radius 3 is 2.60 bits per heavy atom. The first kappa shape index (κ1) is 8.08. The fourth-order valence-corrected chi connectivity index (χ4v) is 1.25. The number of hydrogen-bond acceptors (Lipinski definition) is 1. The zero-order valence-electron chi connectivity index (χ0n) is 5.36. The maximum atomic E-state index is 12.7. The molecule has 0 fully saturated rings. The third-order valence-corrected chi connectivity index (χ3v) is 2.62. The number of halogens is 2. The van der Waals surface area contributed by atoms with Gasteiger partial charge in [-0.15, -0.1) is 12.6 Å². The molecule has 1 aromatic carbocycles. The van der Waals surface area contributed by atoms with Crippen LogP contribution in [0.3, 0.4) is 0 Å². The fraction of sp³-hybridized carbons (Fsp3) is 0.143. The third-order valence-electron chi connectivity index (χ3n) is 1.15. The fourth-order valence-electron chi connectivity index (χ4n) is 0.706. The van der Waals surface area contributed by atoms with E-state index in [0.717, 1.165) is 5.56 Å². The van der Waals surface area contributed by atoms with Gasteiger partial charge in [-0.25, -0.2) is 4.39 Å². The number of aryl methyl sites for hydroxylation is 1. The van der Waals surface area contributed by atoms with Crippen molar-refractivity contribution in [2.45, 2.75) is 11.8 Å². The second-order valence-corrected chi connectivity index (χ2v) is 3.35. The highest BCUT2D eigenvalue weighted by Crippen LogP contribution is 2.24. The summed E-state index contributed by atoms with van der Waals surface area (Å²) in [6.07, 6.45) is 0. The molecule has 0 atom stereocenters. The molecule has 3 heteroatoms. The van der Waals surface area contributed by atoms with Gasteiger partial charge in [0.25, 0.3) is 0 Å². The summed E-state index contributed by atoms with van der Waals surface area (Å²) in [4.78, 5) is 0.637. The summed E-state index contributed by atoms with van der Waals surface area (Å²) in [5.74, 6) is -0.259. The van der Waals surface area contributed by atoms with E-state index in [9.17, 15) is 4.39 Å². The molecule has 0 spiro atoms. The predicted octanol–water partition coefficient (Wildman–Crippen LogP) is 3.19. The lowest BCUT2D eigenvalue weighted by molar-refractivity contribution is 0.615. The largest absolute Gasteiger partial charge is 0.206 e. The molecule has 1 aromatic rings. The van der Waals surface area contributed by atoms with Crippen LogP contribution < -0.4 is 0 Å². The SMILES string of the molecule is Cc1cc(F)c(Br)c(S)c1. The molecule has 0 N–H and O–H groups in total. The molecule has 54 valence electrons. The maximum Gasteiger partial charge on any atom is 0.138 e. The van der Waals surface area contributed by atoms with Crippen molar-refractivity contribution in [3.63, 3.8) is 0 Å². The van der Waals surface area contributed by atoms with Crippen LogP contribution in [-0.4, -0.2) is 0 Å². The topological polar surface area (TPSA) is 0 Å². The second kappa shape index (κ2) is 2.93. The first-order valence-corrected chi connectivity index (χ1v) is 4.00. The molecule has 0 nitrogen and oxygen atoms in total. The lowest BCUT2D eigenvalue weighted by atomic mass is 10.2. The van der Waals surface area contributed by atoms with Crippen molar-refractivity contribution in [1.82, 2.24) is 0 Å². The molecule has 0 saturated carbocycles. The van der Waals surface area contributed by atoms with Gasteiger partial charge in [-0.1, -0.05) is 0 Å². The highest BCUT2D eigenvalue weighted by Gasteiger charge is 2.02. The Morgan fingerprint density at radius 1 is 1.50 bits per heavy atom. The van der Waals surface area contributed by atoms with Gasteiger partial charge in [-0.05, 0) is 40.5 Å². The Hall–Kier alpha value is -0.0200. The van der Waals surface area contributed by atoms with E-state index in [1.54, 1.807) is 6.07 Å². The van der Waals surface area contributed by atoms with E-state index in [1.165, 1.54) is 6.07 Å². The summed E-state index contributed by atoms with van der Waals surface area (Å²) >= 11 is 7.11. The van der Waals surface area contributed by atoms with Gasteiger partial charge in [0.05, 0.1) is 4.47 Å². The minimum absolute atomic E-state index is 0.259. The van der Waals surface area contributed by atoms with Gasteiger partial charge in [-0.3, -0.25) is 0 Å². The zero-order chi connectivity index (χ0) is 7.72. The van der Waals surface area contributed by atoms with E-state index < -0.39 is 0 Å². The van der Waals surface area contributed by atoms with E-state index in [2.05, 4.69) is 28.6 Å². The Labute approximate surface area is 73.0 Å². The minimum atomic E-state index is -0.259. The Bertz CT molecular complexity index is 237. The lowest BCUT2D eigenvalue weighted by Crippen LogP contribution is -1.81. The van der Waals surface area contributed by atoms with Gasteiger partial charge in [0.1, 0.15) is 5.82 Å². The van der Waals surface area contributed by atoms with E-state index in [4.69, 9.17) is 0 Å². The molecule has 0 heterocycles. The molecule has 0 unspecified atom stereocenters. The van der Waals surface area contributed by atoms with Crippen molar-refractivity contribution >= 4 is 28.6 Å². The minimum Gasteiger partial charge on any atom is -0.206 e. The predicted molar refractivity (Wildman–Crippen MR) is 46.1 cm³/mol. The number of hydrogen-bond donors (Lipinski definition) is 1. The highest BCUT2D eigenvalue weighted by atomic mass is 79.9. The van der Waals surface area contributed by atoms with Crippen molar-refractivity contribution in [3.8, 4) is 0 Å². The van der Waals surface area contributed by atoms with Crippen molar-refractivity contribution < 1.29 is 4.39 Å². The van der Waals surface area contributed by atoms with Crippen LogP contribution in [0, 0.1) is 12.7 Å². The van der Waals surface area contributed by atoms with Gasteiger partial charge < -0.3 is 0 Å². The molecule has 0 aliphatic rings. The second-order valence-electron chi connectivity index (χ2n) is 2.08. The molecule has 0 bridgehead atoms. The summed E-state index contributed by atoms with van der Waals surface area (Å²) in [6, 6.07) is 3.26.